The van der Waals surface area contributed by atoms with E-state index in [1.165, 1.54) is 24.3 Å². The second-order valence-corrected chi connectivity index (χ2v) is 6.72. The smallest absolute Gasteiger partial charge is 0.256 e. The molecule has 0 saturated carbocycles. The summed E-state index contributed by atoms with van der Waals surface area (Å²) in [5, 5.41) is 2.52. The minimum Gasteiger partial charge on any atom is -0.307 e. The van der Waals surface area contributed by atoms with Crippen molar-refractivity contribution in [1.82, 2.24) is 4.98 Å². The van der Waals surface area contributed by atoms with E-state index >= 15 is 0 Å². The molecule has 1 aromatic heterocycles. The molecular weight excluding hydrogens is 295 g/mol. The van der Waals surface area contributed by atoms with E-state index in [1.807, 2.05) is 0 Å². The van der Waals surface area contributed by atoms with Crippen LogP contribution in [0.1, 0.15) is 15.9 Å². The average molecular weight is 308 g/mol. The molecule has 110 valence electrons. The maximum absolute atomic E-state index is 12.7. The fourth-order valence-electron chi connectivity index (χ4n) is 1.69. The molecule has 0 fully saturated rings. The van der Waals surface area contributed by atoms with Gasteiger partial charge in [-0.1, -0.05) is 12.1 Å². The number of halogens is 1. The summed E-state index contributed by atoms with van der Waals surface area (Å²) >= 11 is 0. The van der Waals surface area contributed by atoms with Crippen LogP contribution >= 0.6 is 0 Å². The highest BCUT2D eigenvalue weighted by Crippen LogP contribution is 2.10. The standard InChI is InChI=1S/C14H13FN2O3S/c1-21(19,20)9-10-2-4-11(5-3-10)14(18)17-13-7-6-12(15)8-16-13/h2-8H,9H2,1H3,(H,16,17,18). The molecule has 21 heavy (non-hydrogen) atoms. The number of carbonyl (C=O) groups excluding carboxylic acids is 1. The summed E-state index contributed by atoms with van der Waals surface area (Å²) < 4.78 is 35.0. The molecule has 0 aliphatic rings. The summed E-state index contributed by atoms with van der Waals surface area (Å²) in [6.07, 6.45) is 2.15. The third-order valence-corrected chi connectivity index (χ3v) is 3.47. The molecule has 0 atom stereocenters. The molecule has 0 spiro atoms. The predicted molar refractivity (Wildman–Crippen MR) is 77.1 cm³/mol. The number of sulfone groups is 1. The minimum atomic E-state index is -3.11. The number of nitrogens with one attached hydrogen (secondary N) is 1. The van der Waals surface area contributed by atoms with Crippen LogP contribution in [0.2, 0.25) is 0 Å². The van der Waals surface area contributed by atoms with Gasteiger partial charge in [-0.25, -0.2) is 17.8 Å². The number of aromatic nitrogens is 1. The van der Waals surface area contributed by atoms with Gasteiger partial charge in [0.25, 0.3) is 5.91 Å². The van der Waals surface area contributed by atoms with Crippen LogP contribution < -0.4 is 5.32 Å². The number of hydrogen-bond acceptors (Lipinski definition) is 4. The number of pyridine rings is 1. The first-order valence-corrected chi connectivity index (χ1v) is 8.09. The summed E-state index contributed by atoms with van der Waals surface area (Å²) in [7, 11) is -3.11. The van der Waals surface area contributed by atoms with E-state index in [4.69, 9.17) is 0 Å². The van der Waals surface area contributed by atoms with Crippen molar-refractivity contribution in [3.05, 3.63) is 59.5 Å². The lowest BCUT2D eigenvalue weighted by Gasteiger charge is -2.05. The molecule has 0 bridgehead atoms. The van der Waals surface area contributed by atoms with Crippen LogP contribution in [0, 0.1) is 5.82 Å². The zero-order valence-corrected chi connectivity index (χ0v) is 12.0. The maximum Gasteiger partial charge on any atom is 0.256 e. The highest BCUT2D eigenvalue weighted by molar-refractivity contribution is 7.89. The lowest BCUT2D eigenvalue weighted by molar-refractivity contribution is 0.102. The Morgan fingerprint density at radius 2 is 1.86 bits per heavy atom. The van der Waals surface area contributed by atoms with E-state index in [-0.39, 0.29) is 11.6 Å². The second-order valence-electron chi connectivity index (χ2n) is 4.58. The molecule has 1 aromatic carbocycles. The number of benzene rings is 1. The fraction of sp³-hybridized carbons (Fsp3) is 0.143. The molecule has 0 saturated heterocycles. The van der Waals surface area contributed by atoms with Crippen LogP contribution in [0.25, 0.3) is 0 Å². The van der Waals surface area contributed by atoms with Gasteiger partial charge in [0.2, 0.25) is 0 Å². The number of rotatable bonds is 4. The topological polar surface area (TPSA) is 76.1 Å². The molecule has 7 heteroatoms. The quantitative estimate of drug-likeness (QED) is 0.937. The van der Waals surface area contributed by atoms with Gasteiger partial charge in [0.15, 0.2) is 9.84 Å². The van der Waals surface area contributed by atoms with Crippen molar-refractivity contribution >= 4 is 21.6 Å². The molecule has 1 heterocycles. The zero-order chi connectivity index (χ0) is 15.5. The third-order valence-electron chi connectivity index (χ3n) is 2.61. The first kappa shape index (κ1) is 15.1. The number of nitrogens with zero attached hydrogens (tertiary/aromatic N) is 1. The Labute approximate surface area is 121 Å². The largest absolute Gasteiger partial charge is 0.307 e. The summed E-state index contributed by atoms with van der Waals surface area (Å²) in [4.78, 5) is 15.7. The van der Waals surface area contributed by atoms with Crippen LogP contribution in [0.15, 0.2) is 42.6 Å². The SMILES string of the molecule is CS(=O)(=O)Cc1ccc(C(=O)Nc2ccc(F)cn2)cc1. The highest BCUT2D eigenvalue weighted by atomic mass is 32.2. The Kier molecular flexibility index (Phi) is 4.32. The molecule has 0 aliphatic heterocycles. The summed E-state index contributed by atoms with van der Waals surface area (Å²) in [6, 6.07) is 8.75. The number of anilines is 1. The van der Waals surface area contributed by atoms with Gasteiger partial charge in [-0.05, 0) is 29.8 Å². The Hall–Kier alpha value is -2.28. The van der Waals surface area contributed by atoms with Gasteiger partial charge >= 0.3 is 0 Å². The molecule has 1 amide bonds. The fourth-order valence-corrected chi connectivity index (χ4v) is 2.49. The van der Waals surface area contributed by atoms with Crippen molar-refractivity contribution in [1.29, 1.82) is 0 Å². The van der Waals surface area contributed by atoms with Gasteiger partial charge < -0.3 is 5.32 Å². The molecule has 1 N–H and O–H groups in total. The molecule has 2 aromatic rings. The summed E-state index contributed by atoms with van der Waals surface area (Å²) in [6.45, 7) is 0. The normalized spacial score (nSPS) is 11.1. The van der Waals surface area contributed by atoms with E-state index in [0.29, 0.717) is 11.1 Å². The van der Waals surface area contributed by atoms with E-state index < -0.39 is 21.6 Å². The van der Waals surface area contributed by atoms with Crippen LogP contribution in [0.5, 0.6) is 0 Å². The van der Waals surface area contributed by atoms with Gasteiger partial charge in [0, 0.05) is 11.8 Å². The Bertz CT molecular complexity index is 741. The molecule has 0 aliphatic carbocycles. The zero-order valence-electron chi connectivity index (χ0n) is 11.2. The van der Waals surface area contributed by atoms with Crippen molar-refractivity contribution in [2.24, 2.45) is 0 Å². The second kappa shape index (κ2) is 6.01. The summed E-state index contributed by atoms with van der Waals surface area (Å²) in [5.41, 5.74) is 0.965. The third kappa shape index (κ3) is 4.64. The van der Waals surface area contributed by atoms with Crippen molar-refractivity contribution in [3.8, 4) is 0 Å². The maximum atomic E-state index is 12.7. The predicted octanol–water partition coefficient (Wildman–Crippen LogP) is 2.02. The van der Waals surface area contributed by atoms with Gasteiger partial charge in [-0.2, -0.15) is 0 Å². The lowest BCUT2D eigenvalue weighted by atomic mass is 10.1. The van der Waals surface area contributed by atoms with E-state index in [2.05, 4.69) is 10.3 Å². The molecule has 5 nitrogen and oxygen atoms in total. The van der Waals surface area contributed by atoms with Crippen molar-refractivity contribution in [2.75, 3.05) is 11.6 Å². The Morgan fingerprint density at radius 1 is 1.19 bits per heavy atom. The average Bonchev–Trinajstić information content (AvgIpc) is 2.40. The van der Waals surface area contributed by atoms with Gasteiger partial charge in [0.05, 0.1) is 11.9 Å². The van der Waals surface area contributed by atoms with Gasteiger partial charge in [-0.15, -0.1) is 0 Å². The molecule has 0 radical (unpaired) electrons. The van der Waals surface area contributed by atoms with Crippen molar-refractivity contribution < 1.29 is 17.6 Å². The van der Waals surface area contributed by atoms with Gasteiger partial charge in [-0.3, -0.25) is 4.79 Å². The Morgan fingerprint density at radius 3 is 2.38 bits per heavy atom. The Balaban J connectivity index is 2.08. The highest BCUT2D eigenvalue weighted by Gasteiger charge is 2.09. The monoisotopic (exact) mass is 308 g/mol. The number of carbonyl (C=O) groups is 1. The molecule has 0 unspecified atom stereocenters. The first-order valence-electron chi connectivity index (χ1n) is 6.03. The lowest BCUT2D eigenvalue weighted by Crippen LogP contribution is -2.13. The van der Waals surface area contributed by atoms with Crippen LogP contribution in [-0.2, 0) is 15.6 Å². The molecular formula is C14H13FN2O3S. The van der Waals surface area contributed by atoms with E-state index in [9.17, 15) is 17.6 Å². The number of hydrogen-bond donors (Lipinski definition) is 1. The minimum absolute atomic E-state index is 0.0750. The summed E-state index contributed by atoms with van der Waals surface area (Å²) in [5.74, 6) is -0.728. The van der Waals surface area contributed by atoms with Crippen LogP contribution in [0.3, 0.4) is 0 Å². The van der Waals surface area contributed by atoms with E-state index in [1.54, 1.807) is 12.1 Å². The van der Waals surface area contributed by atoms with Crippen molar-refractivity contribution in [2.45, 2.75) is 5.75 Å². The van der Waals surface area contributed by atoms with Crippen molar-refractivity contribution in [3.63, 3.8) is 0 Å². The first-order chi connectivity index (χ1) is 9.83. The van der Waals surface area contributed by atoms with E-state index in [0.717, 1.165) is 12.5 Å². The van der Waals surface area contributed by atoms with Gasteiger partial charge in [0.1, 0.15) is 11.6 Å². The molecule has 2 rings (SSSR count). The number of amides is 1. The van der Waals surface area contributed by atoms with Crippen LogP contribution in [0.4, 0.5) is 10.2 Å². The van der Waals surface area contributed by atoms with Crippen LogP contribution in [-0.4, -0.2) is 25.6 Å².